The third-order valence-corrected chi connectivity index (χ3v) is 5.46. The number of carbonyl (C=O) groups is 2. The van der Waals surface area contributed by atoms with Gasteiger partial charge in [0.1, 0.15) is 17.6 Å². The molecule has 0 aliphatic carbocycles. The number of nitrogens with zero attached hydrogens (tertiary/aromatic N) is 3. The summed E-state index contributed by atoms with van der Waals surface area (Å²) in [5.74, 6) is 1.30. The summed E-state index contributed by atoms with van der Waals surface area (Å²) in [6.07, 6.45) is 4.31. The molecule has 1 atom stereocenters. The Morgan fingerprint density at radius 1 is 1.17 bits per heavy atom. The second-order valence-corrected chi connectivity index (χ2v) is 7.34. The van der Waals surface area contributed by atoms with Gasteiger partial charge in [-0.2, -0.15) is 0 Å². The molecule has 1 N–H and O–H groups in total. The maximum Gasteiger partial charge on any atom is 0.252 e. The third-order valence-electron chi connectivity index (χ3n) is 5.46. The monoisotopic (exact) mass is 404 g/mol. The lowest BCUT2D eigenvalue weighted by molar-refractivity contribution is -0.116. The Morgan fingerprint density at radius 2 is 1.93 bits per heavy atom. The van der Waals surface area contributed by atoms with Crippen LogP contribution in [0.5, 0.6) is 5.75 Å². The van der Waals surface area contributed by atoms with Gasteiger partial charge in [-0.05, 0) is 47.9 Å². The van der Waals surface area contributed by atoms with Gasteiger partial charge < -0.3 is 19.5 Å². The average Bonchev–Trinajstić information content (AvgIpc) is 3.37. The van der Waals surface area contributed by atoms with Crippen LogP contribution in [0.2, 0.25) is 0 Å². The van der Waals surface area contributed by atoms with Gasteiger partial charge in [0.05, 0.1) is 7.11 Å². The zero-order valence-electron chi connectivity index (χ0n) is 17.3. The predicted molar refractivity (Wildman–Crippen MR) is 114 cm³/mol. The van der Waals surface area contributed by atoms with Gasteiger partial charge in [0, 0.05) is 44.2 Å². The minimum absolute atomic E-state index is 0.0142. The van der Waals surface area contributed by atoms with Crippen molar-refractivity contribution in [1.82, 2.24) is 14.9 Å². The fourth-order valence-corrected chi connectivity index (χ4v) is 3.83. The van der Waals surface area contributed by atoms with Crippen LogP contribution in [0.25, 0.3) is 0 Å². The van der Waals surface area contributed by atoms with E-state index in [1.807, 2.05) is 54.2 Å². The van der Waals surface area contributed by atoms with Gasteiger partial charge in [-0.1, -0.05) is 12.1 Å². The molecular weight excluding hydrogens is 380 g/mol. The summed E-state index contributed by atoms with van der Waals surface area (Å²) in [5.41, 5.74) is 3.36. The molecular formula is C23H24N4O3. The summed E-state index contributed by atoms with van der Waals surface area (Å²) < 4.78 is 7.14. The summed E-state index contributed by atoms with van der Waals surface area (Å²) in [4.78, 5) is 31.1. The number of benzene rings is 2. The van der Waals surface area contributed by atoms with Crippen LogP contribution in [0.15, 0.2) is 54.9 Å². The molecule has 7 heteroatoms. The summed E-state index contributed by atoms with van der Waals surface area (Å²) in [5, 5.41) is 3.11. The molecule has 0 saturated carbocycles. The van der Waals surface area contributed by atoms with Crippen LogP contribution in [0.3, 0.4) is 0 Å². The van der Waals surface area contributed by atoms with Crippen molar-refractivity contribution in [1.29, 1.82) is 0 Å². The van der Waals surface area contributed by atoms with Crippen LogP contribution in [0.4, 0.5) is 5.69 Å². The summed E-state index contributed by atoms with van der Waals surface area (Å²) in [7, 11) is 3.52. The van der Waals surface area contributed by atoms with Gasteiger partial charge in [-0.15, -0.1) is 0 Å². The fourth-order valence-electron chi connectivity index (χ4n) is 3.83. The van der Waals surface area contributed by atoms with E-state index in [1.54, 1.807) is 31.2 Å². The van der Waals surface area contributed by atoms with E-state index in [0.29, 0.717) is 12.1 Å². The molecule has 2 aromatic carbocycles. The van der Waals surface area contributed by atoms with E-state index in [9.17, 15) is 9.59 Å². The van der Waals surface area contributed by atoms with Gasteiger partial charge >= 0.3 is 0 Å². The molecule has 0 spiro atoms. The highest BCUT2D eigenvalue weighted by molar-refractivity contribution is 5.98. The fraction of sp³-hybridized carbons (Fsp3) is 0.261. The lowest BCUT2D eigenvalue weighted by Crippen LogP contribution is -2.31. The molecule has 1 aliphatic heterocycles. The number of aryl methyl sites for hydroxylation is 1. The maximum absolute atomic E-state index is 13.1. The first-order valence-corrected chi connectivity index (χ1v) is 9.81. The Balaban J connectivity index is 1.62. The summed E-state index contributed by atoms with van der Waals surface area (Å²) >= 11 is 0. The van der Waals surface area contributed by atoms with Crippen LogP contribution in [-0.4, -0.2) is 35.0 Å². The van der Waals surface area contributed by atoms with E-state index >= 15 is 0 Å². The Hall–Kier alpha value is -3.61. The number of aromatic nitrogens is 2. The molecule has 0 bridgehead atoms. The van der Waals surface area contributed by atoms with Crippen LogP contribution < -0.4 is 15.0 Å². The number of nitrogens with one attached hydrogen (secondary N) is 1. The zero-order chi connectivity index (χ0) is 21.3. The van der Waals surface area contributed by atoms with Crippen molar-refractivity contribution in [2.75, 3.05) is 18.6 Å². The molecule has 0 fully saturated rings. The molecule has 30 heavy (non-hydrogen) atoms. The van der Waals surface area contributed by atoms with E-state index < -0.39 is 6.04 Å². The molecule has 1 aromatic heterocycles. The minimum atomic E-state index is -0.412. The van der Waals surface area contributed by atoms with E-state index in [4.69, 9.17) is 4.74 Å². The highest BCUT2D eigenvalue weighted by Crippen LogP contribution is 2.29. The van der Waals surface area contributed by atoms with Gasteiger partial charge in [-0.3, -0.25) is 9.59 Å². The Labute approximate surface area is 175 Å². The average molecular weight is 404 g/mol. The molecule has 2 amide bonds. The second-order valence-electron chi connectivity index (χ2n) is 7.34. The summed E-state index contributed by atoms with van der Waals surface area (Å²) in [6.45, 7) is 2.21. The highest BCUT2D eigenvalue weighted by Gasteiger charge is 2.25. The molecule has 1 unspecified atom stereocenters. The van der Waals surface area contributed by atoms with Gasteiger partial charge in [0.15, 0.2) is 0 Å². The number of hydrogen-bond acceptors (Lipinski definition) is 4. The number of ether oxygens (including phenoxy) is 1. The number of carbonyl (C=O) groups excluding carboxylic acids is 2. The Kier molecular flexibility index (Phi) is 5.27. The first kappa shape index (κ1) is 19.7. The van der Waals surface area contributed by atoms with Crippen molar-refractivity contribution < 1.29 is 14.3 Å². The maximum atomic E-state index is 13.1. The Morgan fingerprint density at radius 3 is 2.57 bits per heavy atom. The van der Waals surface area contributed by atoms with Crippen molar-refractivity contribution in [3.63, 3.8) is 0 Å². The van der Waals surface area contributed by atoms with Crippen molar-refractivity contribution >= 4 is 17.5 Å². The SMILES string of the molecule is COc1ccc(C(NC(=O)c2ccc3c(c2)CCN3C(C)=O)c2nccn2C)cc1. The van der Waals surface area contributed by atoms with Crippen molar-refractivity contribution in [2.45, 2.75) is 19.4 Å². The molecule has 4 rings (SSSR count). The largest absolute Gasteiger partial charge is 0.497 e. The number of anilines is 1. The standard InChI is InChI=1S/C23H24N4O3/c1-15(28)27-12-10-17-14-18(6-9-20(17)27)23(29)25-21(22-24-11-13-26(22)2)16-4-7-19(30-3)8-5-16/h4-9,11,13-14,21H,10,12H2,1-3H3,(H,25,29). The molecule has 2 heterocycles. The number of fused-ring (bicyclic) bond motifs is 1. The van der Waals surface area contributed by atoms with E-state index in [-0.39, 0.29) is 11.8 Å². The molecule has 154 valence electrons. The normalized spacial score (nSPS) is 13.6. The number of amides is 2. The number of rotatable bonds is 5. The number of methoxy groups -OCH3 is 1. The van der Waals surface area contributed by atoms with Crippen molar-refractivity contribution in [3.8, 4) is 5.75 Å². The van der Waals surface area contributed by atoms with Gasteiger partial charge in [0.2, 0.25) is 5.91 Å². The van der Waals surface area contributed by atoms with Crippen molar-refractivity contribution in [3.05, 3.63) is 77.4 Å². The molecule has 0 saturated heterocycles. The predicted octanol–water partition coefficient (Wildman–Crippen LogP) is 2.86. The smallest absolute Gasteiger partial charge is 0.252 e. The van der Waals surface area contributed by atoms with Crippen LogP contribution in [-0.2, 0) is 18.3 Å². The van der Waals surface area contributed by atoms with Crippen LogP contribution in [0.1, 0.15) is 40.3 Å². The first-order valence-electron chi connectivity index (χ1n) is 9.81. The number of imidazole rings is 1. The molecule has 0 radical (unpaired) electrons. The van der Waals surface area contributed by atoms with Crippen LogP contribution in [0, 0.1) is 0 Å². The quantitative estimate of drug-likeness (QED) is 0.710. The minimum Gasteiger partial charge on any atom is -0.497 e. The van der Waals surface area contributed by atoms with Gasteiger partial charge in [-0.25, -0.2) is 4.98 Å². The number of hydrogen-bond donors (Lipinski definition) is 1. The van der Waals surface area contributed by atoms with Crippen LogP contribution >= 0.6 is 0 Å². The van der Waals surface area contributed by atoms with Gasteiger partial charge in [0.25, 0.3) is 5.91 Å². The lowest BCUT2D eigenvalue weighted by atomic mass is 10.0. The molecule has 3 aromatic rings. The third kappa shape index (κ3) is 3.66. The van der Waals surface area contributed by atoms with E-state index in [1.165, 1.54) is 0 Å². The van der Waals surface area contributed by atoms with Crippen molar-refractivity contribution in [2.24, 2.45) is 7.05 Å². The zero-order valence-corrected chi connectivity index (χ0v) is 17.3. The lowest BCUT2D eigenvalue weighted by Gasteiger charge is -2.20. The topological polar surface area (TPSA) is 76.5 Å². The molecule has 1 aliphatic rings. The summed E-state index contributed by atoms with van der Waals surface area (Å²) in [6, 6.07) is 12.6. The first-order chi connectivity index (χ1) is 14.5. The van der Waals surface area contributed by atoms with E-state index in [0.717, 1.165) is 34.8 Å². The highest BCUT2D eigenvalue weighted by atomic mass is 16.5. The van der Waals surface area contributed by atoms with E-state index in [2.05, 4.69) is 10.3 Å². The second kappa shape index (κ2) is 8.02. The molecule has 7 nitrogen and oxygen atoms in total. The Bertz CT molecular complexity index is 1090.